The van der Waals surface area contributed by atoms with E-state index in [0.29, 0.717) is 11.4 Å². The van der Waals surface area contributed by atoms with Crippen molar-refractivity contribution < 1.29 is 8.78 Å². The van der Waals surface area contributed by atoms with Gasteiger partial charge in [0.1, 0.15) is 11.6 Å². The molecule has 2 nitrogen and oxygen atoms in total. The summed E-state index contributed by atoms with van der Waals surface area (Å²) in [6, 6.07) is 9.33. The molecule has 0 saturated carbocycles. The summed E-state index contributed by atoms with van der Waals surface area (Å²) in [5.41, 5.74) is 1.52. The van der Waals surface area contributed by atoms with Crippen LogP contribution >= 0.6 is 0 Å². The topological polar surface area (TPSA) is 24.9 Å². The van der Waals surface area contributed by atoms with Gasteiger partial charge in [0.05, 0.1) is 0 Å². The Morgan fingerprint density at radius 2 is 2.00 bits per heavy atom. The van der Waals surface area contributed by atoms with Gasteiger partial charge in [-0.2, -0.15) is 4.39 Å². The summed E-state index contributed by atoms with van der Waals surface area (Å²) in [5, 5.41) is 2.88. The van der Waals surface area contributed by atoms with Gasteiger partial charge < -0.3 is 5.32 Å². The Morgan fingerprint density at radius 1 is 1.18 bits per heavy atom. The second-order valence-electron chi connectivity index (χ2n) is 3.79. The normalized spacial score (nSPS) is 10.3. The van der Waals surface area contributed by atoms with Crippen molar-refractivity contribution in [3.05, 3.63) is 59.3 Å². The summed E-state index contributed by atoms with van der Waals surface area (Å²) in [7, 11) is 0. The molecule has 2 aromatic rings. The van der Waals surface area contributed by atoms with Gasteiger partial charge in [0.15, 0.2) is 0 Å². The molecule has 2 rings (SSSR count). The lowest BCUT2D eigenvalue weighted by Crippen LogP contribution is -2.04. The number of pyridine rings is 1. The number of aryl methyl sites for hydroxylation is 1. The maximum atomic E-state index is 13.4. The minimum Gasteiger partial charge on any atom is -0.366 e. The molecule has 0 aliphatic carbocycles. The second-order valence-corrected chi connectivity index (χ2v) is 3.79. The summed E-state index contributed by atoms with van der Waals surface area (Å²) in [5.74, 6) is -0.440. The molecule has 88 valence electrons. The van der Waals surface area contributed by atoms with Gasteiger partial charge in [-0.15, -0.1) is 0 Å². The van der Waals surface area contributed by atoms with Crippen molar-refractivity contribution in [1.82, 2.24) is 4.98 Å². The highest BCUT2D eigenvalue weighted by molar-refractivity contribution is 5.36. The van der Waals surface area contributed by atoms with E-state index in [9.17, 15) is 8.78 Å². The highest BCUT2D eigenvalue weighted by atomic mass is 19.1. The number of anilines is 1. The largest absolute Gasteiger partial charge is 0.366 e. The van der Waals surface area contributed by atoms with Crippen LogP contribution in [0.3, 0.4) is 0 Å². The third kappa shape index (κ3) is 3.00. The molecule has 0 spiro atoms. The van der Waals surface area contributed by atoms with Gasteiger partial charge in [-0.3, -0.25) is 0 Å². The fraction of sp³-hybridized carbons (Fsp3) is 0.154. The first-order chi connectivity index (χ1) is 8.15. The number of halogens is 2. The quantitative estimate of drug-likeness (QED) is 0.824. The molecule has 17 heavy (non-hydrogen) atoms. The third-order valence-electron chi connectivity index (χ3n) is 2.38. The maximum Gasteiger partial charge on any atom is 0.214 e. The zero-order valence-electron chi connectivity index (χ0n) is 9.37. The van der Waals surface area contributed by atoms with Crippen LogP contribution in [0, 0.1) is 18.7 Å². The van der Waals surface area contributed by atoms with E-state index in [2.05, 4.69) is 10.3 Å². The molecule has 4 heteroatoms. The highest BCUT2D eigenvalue weighted by Gasteiger charge is 2.03. The van der Waals surface area contributed by atoms with Crippen molar-refractivity contribution in [3.8, 4) is 0 Å². The molecule has 1 aromatic carbocycles. The van der Waals surface area contributed by atoms with Crippen LogP contribution in [0.15, 0.2) is 36.4 Å². The Morgan fingerprint density at radius 3 is 2.76 bits per heavy atom. The predicted octanol–water partition coefficient (Wildman–Crippen LogP) is 3.28. The average molecular weight is 234 g/mol. The molecular weight excluding hydrogens is 222 g/mol. The Labute approximate surface area is 98.3 Å². The molecule has 0 aliphatic heterocycles. The van der Waals surface area contributed by atoms with Crippen molar-refractivity contribution in [2.75, 3.05) is 5.32 Å². The highest BCUT2D eigenvalue weighted by Crippen LogP contribution is 2.12. The number of benzene rings is 1. The molecule has 1 N–H and O–H groups in total. The van der Waals surface area contributed by atoms with E-state index in [-0.39, 0.29) is 12.4 Å². The molecule has 0 unspecified atom stereocenters. The van der Waals surface area contributed by atoms with Gasteiger partial charge in [-0.1, -0.05) is 23.8 Å². The van der Waals surface area contributed by atoms with Gasteiger partial charge in [-0.25, -0.2) is 9.37 Å². The van der Waals surface area contributed by atoms with Crippen molar-refractivity contribution >= 4 is 5.82 Å². The van der Waals surface area contributed by atoms with Gasteiger partial charge in [0.2, 0.25) is 5.95 Å². The standard InChI is InChI=1S/C13H12F2N2/c1-9-5-6-11(14)10(7-9)8-16-13-4-2-3-12(15)17-13/h2-7H,8H2,1H3,(H,16,17). The summed E-state index contributed by atoms with van der Waals surface area (Å²) < 4.78 is 26.2. The fourth-order valence-electron chi connectivity index (χ4n) is 1.53. The van der Waals surface area contributed by atoms with E-state index in [1.54, 1.807) is 24.3 Å². The lowest BCUT2D eigenvalue weighted by Gasteiger charge is -2.07. The Hall–Kier alpha value is -1.97. The summed E-state index contributed by atoms with van der Waals surface area (Å²) >= 11 is 0. The second kappa shape index (κ2) is 4.91. The minimum atomic E-state index is -0.556. The number of aromatic nitrogens is 1. The molecule has 0 saturated heterocycles. The molecule has 0 bridgehead atoms. The van der Waals surface area contributed by atoms with E-state index >= 15 is 0 Å². The lowest BCUT2D eigenvalue weighted by molar-refractivity contribution is 0.584. The zero-order chi connectivity index (χ0) is 12.3. The summed E-state index contributed by atoms with van der Waals surface area (Å²) in [6.07, 6.45) is 0. The zero-order valence-corrected chi connectivity index (χ0v) is 9.37. The number of hydrogen-bond donors (Lipinski definition) is 1. The molecule has 0 fully saturated rings. The van der Waals surface area contributed by atoms with Crippen molar-refractivity contribution in [2.24, 2.45) is 0 Å². The van der Waals surface area contributed by atoms with Crippen molar-refractivity contribution in [2.45, 2.75) is 13.5 Å². The van der Waals surface area contributed by atoms with E-state index in [4.69, 9.17) is 0 Å². The van der Waals surface area contributed by atoms with Gasteiger partial charge in [0, 0.05) is 12.1 Å². The number of hydrogen-bond acceptors (Lipinski definition) is 2. The number of rotatable bonds is 3. The average Bonchev–Trinajstić information content (AvgIpc) is 2.30. The molecule has 1 aromatic heterocycles. The van der Waals surface area contributed by atoms with E-state index in [1.165, 1.54) is 12.1 Å². The SMILES string of the molecule is Cc1ccc(F)c(CNc2cccc(F)n2)c1. The lowest BCUT2D eigenvalue weighted by atomic mass is 10.1. The molecule has 0 aliphatic rings. The van der Waals surface area contributed by atoms with Crippen LogP contribution in [-0.4, -0.2) is 4.98 Å². The van der Waals surface area contributed by atoms with Gasteiger partial charge in [-0.05, 0) is 25.1 Å². The maximum absolute atomic E-state index is 13.4. The molecular formula is C13H12F2N2. The molecule has 0 atom stereocenters. The molecule has 0 amide bonds. The van der Waals surface area contributed by atoms with Crippen LogP contribution in [0.4, 0.5) is 14.6 Å². The smallest absolute Gasteiger partial charge is 0.214 e. The third-order valence-corrected chi connectivity index (χ3v) is 2.38. The van der Waals surface area contributed by atoms with E-state index < -0.39 is 5.95 Å². The van der Waals surface area contributed by atoms with Crippen LogP contribution in [-0.2, 0) is 6.54 Å². The van der Waals surface area contributed by atoms with Gasteiger partial charge in [0.25, 0.3) is 0 Å². The van der Waals surface area contributed by atoms with Crippen LogP contribution in [0.1, 0.15) is 11.1 Å². The predicted molar refractivity (Wildman–Crippen MR) is 62.7 cm³/mol. The number of nitrogens with zero attached hydrogens (tertiary/aromatic N) is 1. The van der Waals surface area contributed by atoms with Crippen LogP contribution in [0.5, 0.6) is 0 Å². The van der Waals surface area contributed by atoms with E-state index in [1.807, 2.05) is 6.92 Å². The Balaban J connectivity index is 2.09. The van der Waals surface area contributed by atoms with Gasteiger partial charge >= 0.3 is 0 Å². The minimum absolute atomic E-state index is 0.278. The fourth-order valence-corrected chi connectivity index (χ4v) is 1.53. The Bertz CT molecular complexity index is 527. The summed E-state index contributed by atoms with van der Waals surface area (Å²) in [6.45, 7) is 2.17. The van der Waals surface area contributed by atoms with Crippen molar-refractivity contribution in [1.29, 1.82) is 0 Å². The monoisotopic (exact) mass is 234 g/mol. The first-order valence-electron chi connectivity index (χ1n) is 5.26. The van der Waals surface area contributed by atoms with E-state index in [0.717, 1.165) is 5.56 Å². The summed E-state index contributed by atoms with van der Waals surface area (Å²) in [4.78, 5) is 3.64. The first-order valence-corrected chi connectivity index (χ1v) is 5.26. The van der Waals surface area contributed by atoms with Crippen LogP contribution in [0.2, 0.25) is 0 Å². The molecule has 1 heterocycles. The van der Waals surface area contributed by atoms with Crippen LogP contribution in [0.25, 0.3) is 0 Å². The molecule has 0 radical (unpaired) electrons. The Kier molecular flexibility index (Phi) is 3.32. The first kappa shape index (κ1) is 11.5. The van der Waals surface area contributed by atoms with Crippen molar-refractivity contribution in [3.63, 3.8) is 0 Å². The van der Waals surface area contributed by atoms with Crippen LogP contribution < -0.4 is 5.32 Å². The number of nitrogens with one attached hydrogen (secondary N) is 1.